The molecular weight excluding hydrogens is 225 g/mol. The molecule has 0 aliphatic rings. The van der Waals surface area contributed by atoms with E-state index >= 15 is 0 Å². The van der Waals surface area contributed by atoms with E-state index in [0.717, 1.165) is 4.63 Å². The van der Waals surface area contributed by atoms with Crippen molar-refractivity contribution in [3.8, 4) is 0 Å². The van der Waals surface area contributed by atoms with Crippen LogP contribution in [0.15, 0.2) is 12.1 Å². The van der Waals surface area contributed by atoms with E-state index in [2.05, 4.69) is 25.9 Å². The van der Waals surface area contributed by atoms with Gasteiger partial charge in [0.1, 0.15) is 5.82 Å². The first-order chi connectivity index (χ1) is 7.54. The first kappa shape index (κ1) is 10.6. The number of tetrazole rings is 1. The van der Waals surface area contributed by atoms with Crippen molar-refractivity contribution in [3.63, 3.8) is 0 Å². The number of anilines is 1. The normalized spacial score (nSPS) is 11.9. The molecule has 0 aliphatic heterocycles. The van der Waals surface area contributed by atoms with Crippen LogP contribution in [-0.4, -0.2) is 38.0 Å². The topological polar surface area (TPSA) is 68.0 Å². The number of rotatable bonds is 3. The Hall–Kier alpha value is -1.93. The van der Waals surface area contributed by atoms with E-state index in [-0.39, 0.29) is 6.54 Å². The summed E-state index contributed by atoms with van der Waals surface area (Å²) in [4.78, 5) is 0. The van der Waals surface area contributed by atoms with Crippen LogP contribution < -0.4 is 5.32 Å². The lowest BCUT2D eigenvalue weighted by Crippen LogP contribution is -2.15. The summed E-state index contributed by atoms with van der Waals surface area (Å²) in [5.74, 6) is 0.295. The van der Waals surface area contributed by atoms with Gasteiger partial charge < -0.3 is 5.32 Å². The van der Waals surface area contributed by atoms with Crippen LogP contribution in [0.5, 0.6) is 0 Å². The molecule has 0 amide bonds. The largest absolute Gasteiger partial charge is 0.390 e. The van der Waals surface area contributed by atoms with Crippen molar-refractivity contribution in [2.24, 2.45) is 0 Å². The number of hydrogen-bond donors (Lipinski definition) is 1. The molecular formula is C7H7F3N6. The number of aromatic nitrogens is 5. The van der Waals surface area contributed by atoms with Crippen LogP contribution in [0, 0.1) is 0 Å². The number of nitrogens with zero attached hydrogens (tertiary/aromatic N) is 5. The standard InChI is InChI=1S/C7H7F3N6/c8-7(9,10)3-4-11-5-1-2-6-12-14-15-16(6)13-5/h1-2H,3-4H2,(H,11,13). The Labute approximate surface area is 87.4 Å². The highest BCUT2D eigenvalue weighted by atomic mass is 19.4. The van der Waals surface area contributed by atoms with Gasteiger partial charge in [-0.1, -0.05) is 0 Å². The van der Waals surface area contributed by atoms with Gasteiger partial charge in [0.05, 0.1) is 6.42 Å². The van der Waals surface area contributed by atoms with Crippen LogP contribution in [0.2, 0.25) is 0 Å². The fourth-order valence-electron chi connectivity index (χ4n) is 1.08. The fourth-order valence-corrected chi connectivity index (χ4v) is 1.08. The number of hydrogen-bond acceptors (Lipinski definition) is 5. The average molecular weight is 232 g/mol. The Morgan fingerprint density at radius 1 is 1.31 bits per heavy atom. The van der Waals surface area contributed by atoms with E-state index in [1.807, 2.05) is 0 Å². The number of alkyl halides is 3. The highest BCUT2D eigenvalue weighted by Crippen LogP contribution is 2.19. The minimum atomic E-state index is -4.17. The molecule has 0 bridgehead atoms. The maximum Gasteiger partial charge on any atom is 0.390 e. The monoisotopic (exact) mass is 232 g/mol. The average Bonchev–Trinajstić information content (AvgIpc) is 2.62. The van der Waals surface area contributed by atoms with Gasteiger partial charge in [-0.15, -0.1) is 14.8 Å². The van der Waals surface area contributed by atoms with Gasteiger partial charge in [-0.3, -0.25) is 0 Å². The van der Waals surface area contributed by atoms with E-state index in [9.17, 15) is 13.2 Å². The van der Waals surface area contributed by atoms with Crippen LogP contribution in [0.25, 0.3) is 5.65 Å². The number of fused-ring (bicyclic) bond motifs is 1. The Balaban J connectivity index is 1.99. The third-order valence-corrected chi connectivity index (χ3v) is 1.78. The molecule has 16 heavy (non-hydrogen) atoms. The van der Waals surface area contributed by atoms with E-state index in [1.165, 1.54) is 6.07 Å². The van der Waals surface area contributed by atoms with Crippen molar-refractivity contribution in [2.45, 2.75) is 12.6 Å². The van der Waals surface area contributed by atoms with Crippen LogP contribution in [0.3, 0.4) is 0 Å². The molecule has 1 N–H and O–H groups in total. The molecule has 2 aromatic heterocycles. The highest BCUT2D eigenvalue weighted by molar-refractivity contribution is 5.41. The second-order valence-corrected chi connectivity index (χ2v) is 3.04. The van der Waals surface area contributed by atoms with Gasteiger partial charge in [-0.25, -0.2) is 0 Å². The smallest absolute Gasteiger partial charge is 0.368 e. The third kappa shape index (κ3) is 2.55. The van der Waals surface area contributed by atoms with Crippen LogP contribution in [0.4, 0.5) is 19.0 Å². The van der Waals surface area contributed by atoms with Gasteiger partial charge in [0, 0.05) is 6.54 Å². The second kappa shape index (κ2) is 3.91. The van der Waals surface area contributed by atoms with Crippen LogP contribution >= 0.6 is 0 Å². The predicted octanol–water partition coefficient (Wildman–Crippen LogP) is 0.884. The molecule has 0 saturated heterocycles. The van der Waals surface area contributed by atoms with Crippen molar-refractivity contribution in [2.75, 3.05) is 11.9 Å². The zero-order valence-electron chi connectivity index (χ0n) is 7.94. The molecule has 0 aliphatic carbocycles. The zero-order valence-corrected chi connectivity index (χ0v) is 7.94. The lowest BCUT2D eigenvalue weighted by molar-refractivity contribution is -0.131. The van der Waals surface area contributed by atoms with Gasteiger partial charge in [0.25, 0.3) is 0 Å². The lowest BCUT2D eigenvalue weighted by Gasteiger charge is -2.07. The van der Waals surface area contributed by atoms with Crippen LogP contribution in [0.1, 0.15) is 6.42 Å². The summed E-state index contributed by atoms with van der Waals surface area (Å²) >= 11 is 0. The molecule has 0 radical (unpaired) electrons. The molecule has 0 fully saturated rings. The summed E-state index contributed by atoms with van der Waals surface area (Å²) in [6.07, 6.45) is -5.09. The molecule has 0 unspecified atom stereocenters. The SMILES string of the molecule is FC(F)(F)CCNc1ccc2nnnn2n1. The highest BCUT2D eigenvalue weighted by Gasteiger charge is 2.26. The first-order valence-electron chi connectivity index (χ1n) is 4.41. The molecule has 0 atom stereocenters. The fraction of sp³-hybridized carbons (Fsp3) is 0.429. The molecule has 9 heteroatoms. The number of halogens is 3. The Kier molecular flexibility index (Phi) is 2.59. The van der Waals surface area contributed by atoms with E-state index in [4.69, 9.17) is 0 Å². The quantitative estimate of drug-likeness (QED) is 0.850. The van der Waals surface area contributed by atoms with Gasteiger partial charge in [-0.05, 0) is 22.6 Å². The molecule has 2 aromatic rings. The summed E-state index contributed by atoms with van der Waals surface area (Å²) in [7, 11) is 0. The van der Waals surface area contributed by atoms with Crippen molar-refractivity contribution in [1.82, 2.24) is 25.3 Å². The van der Waals surface area contributed by atoms with Crippen LogP contribution in [-0.2, 0) is 0 Å². The van der Waals surface area contributed by atoms with E-state index in [0.29, 0.717) is 11.5 Å². The zero-order chi connectivity index (χ0) is 11.6. The minimum absolute atomic E-state index is 0.232. The Morgan fingerprint density at radius 3 is 2.88 bits per heavy atom. The van der Waals surface area contributed by atoms with Gasteiger partial charge in [0.2, 0.25) is 0 Å². The summed E-state index contributed by atoms with van der Waals surface area (Å²) < 4.78 is 36.7. The Bertz CT molecular complexity index is 478. The molecule has 86 valence electrons. The Morgan fingerprint density at radius 2 is 2.12 bits per heavy atom. The summed E-state index contributed by atoms with van der Waals surface area (Å²) in [6, 6.07) is 3.07. The maximum atomic E-state index is 11.9. The molecule has 6 nitrogen and oxygen atoms in total. The maximum absolute atomic E-state index is 11.9. The van der Waals surface area contributed by atoms with Gasteiger partial charge >= 0.3 is 6.18 Å². The summed E-state index contributed by atoms with van der Waals surface area (Å²) in [5.41, 5.74) is 0.432. The lowest BCUT2D eigenvalue weighted by atomic mass is 10.4. The van der Waals surface area contributed by atoms with Crippen molar-refractivity contribution in [3.05, 3.63) is 12.1 Å². The van der Waals surface area contributed by atoms with Crippen molar-refractivity contribution < 1.29 is 13.2 Å². The van der Waals surface area contributed by atoms with Crippen molar-refractivity contribution in [1.29, 1.82) is 0 Å². The van der Waals surface area contributed by atoms with Crippen molar-refractivity contribution >= 4 is 11.5 Å². The van der Waals surface area contributed by atoms with E-state index < -0.39 is 12.6 Å². The number of nitrogens with one attached hydrogen (secondary N) is 1. The third-order valence-electron chi connectivity index (χ3n) is 1.78. The molecule has 0 spiro atoms. The molecule has 0 aromatic carbocycles. The summed E-state index contributed by atoms with van der Waals surface area (Å²) in [5, 5.41) is 16.9. The molecule has 0 saturated carbocycles. The van der Waals surface area contributed by atoms with Gasteiger partial charge in [-0.2, -0.15) is 13.2 Å². The predicted molar refractivity (Wildman–Crippen MR) is 47.7 cm³/mol. The summed E-state index contributed by atoms with van der Waals surface area (Å²) in [6.45, 7) is -0.232. The van der Waals surface area contributed by atoms with Gasteiger partial charge in [0.15, 0.2) is 5.65 Å². The molecule has 2 heterocycles. The first-order valence-corrected chi connectivity index (χ1v) is 4.41. The van der Waals surface area contributed by atoms with E-state index in [1.54, 1.807) is 6.07 Å². The second-order valence-electron chi connectivity index (χ2n) is 3.04. The molecule has 2 rings (SSSR count). The minimum Gasteiger partial charge on any atom is -0.368 e.